The van der Waals surface area contributed by atoms with Crippen LogP contribution >= 0.6 is 15.9 Å². The van der Waals surface area contributed by atoms with Gasteiger partial charge in [-0.1, -0.05) is 13.3 Å². The highest BCUT2D eigenvalue weighted by molar-refractivity contribution is 9.10. The molecule has 4 heteroatoms. The second kappa shape index (κ2) is 5.99. The van der Waals surface area contributed by atoms with Crippen LogP contribution in [0.1, 0.15) is 37.0 Å². The van der Waals surface area contributed by atoms with Crippen LogP contribution < -0.4 is 5.32 Å². The third-order valence-electron chi connectivity index (χ3n) is 2.28. The van der Waals surface area contributed by atoms with E-state index in [1.807, 2.05) is 6.92 Å². The normalized spacial score (nSPS) is 12.2. The van der Waals surface area contributed by atoms with E-state index in [4.69, 9.17) is 0 Å². The SMILES string of the molecule is CCCC(C)NC(=O)c1ccc(Br)c(F)c1. The lowest BCUT2D eigenvalue weighted by molar-refractivity contribution is 0.0938. The molecule has 0 aromatic heterocycles. The van der Waals surface area contributed by atoms with Gasteiger partial charge in [0.05, 0.1) is 4.47 Å². The molecule has 1 N–H and O–H groups in total. The van der Waals surface area contributed by atoms with Crippen molar-refractivity contribution in [2.45, 2.75) is 32.7 Å². The van der Waals surface area contributed by atoms with Crippen LogP contribution in [0.5, 0.6) is 0 Å². The lowest BCUT2D eigenvalue weighted by Crippen LogP contribution is -2.32. The lowest BCUT2D eigenvalue weighted by atomic mass is 10.1. The summed E-state index contributed by atoms with van der Waals surface area (Å²) in [4.78, 5) is 11.7. The summed E-state index contributed by atoms with van der Waals surface area (Å²) in [5.74, 6) is -0.650. The van der Waals surface area contributed by atoms with Gasteiger partial charge in [-0.2, -0.15) is 0 Å². The van der Waals surface area contributed by atoms with Crippen molar-refractivity contribution in [3.05, 3.63) is 34.1 Å². The average molecular weight is 288 g/mol. The summed E-state index contributed by atoms with van der Waals surface area (Å²) in [5, 5.41) is 2.82. The zero-order chi connectivity index (χ0) is 12.1. The molecule has 0 aliphatic carbocycles. The number of carbonyl (C=O) groups is 1. The Bertz CT molecular complexity index is 381. The van der Waals surface area contributed by atoms with Crippen molar-refractivity contribution in [3.63, 3.8) is 0 Å². The molecule has 0 heterocycles. The first-order valence-corrected chi connectivity index (χ1v) is 6.09. The molecule has 0 radical (unpaired) electrons. The number of amides is 1. The summed E-state index contributed by atoms with van der Waals surface area (Å²) in [7, 11) is 0. The summed E-state index contributed by atoms with van der Waals surface area (Å²) in [6.45, 7) is 4.00. The topological polar surface area (TPSA) is 29.1 Å². The molecule has 1 atom stereocenters. The van der Waals surface area contributed by atoms with Gasteiger partial charge in [0, 0.05) is 11.6 Å². The number of rotatable bonds is 4. The lowest BCUT2D eigenvalue weighted by Gasteiger charge is -2.12. The molecule has 1 rings (SSSR count). The Morgan fingerprint density at radius 2 is 2.25 bits per heavy atom. The largest absolute Gasteiger partial charge is 0.350 e. The van der Waals surface area contributed by atoms with Gasteiger partial charge in [-0.05, 0) is 47.5 Å². The van der Waals surface area contributed by atoms with Gasteiger partial charge < -0.3 is 5.32 Å². The minimum absolute atomic E-state index is 0.115. The van der Waals surface area contributed by atoms with Crippen molar-refractivity contribution in [2.24, 2.45) is 0 Å². The van der Waals surface area contributed by atoms with E-state index in [0.717, 1.165) is 12.8 Å². The van der Waals surface area contributed by atoms with Crippen molar-refractivity contribution >= 4 is 21.8 Å². The highest BCUT2D eigenvalue weighted by Crippen LogP contribution is 2.16. The Hall–Kier alpha value is -0.900. The number of nitrogens with one attached hydrogen (secondary N) is 1. The third kappa shape index (κ3) is 3.59. The van der Waals surface area contributed by atoms with Gasteiger partial charge in [-0.3, -0.25) is 4.79 Å². The Kier molecular flexibility index (Phi) is 4.93. The second-order valence-corrected chi connectivity index (χ2v) is 4.65. The zero-order valence-electron chi connectivity index (χ0n) is 9.39. The van der Waals surface area contributed by atoms with Crippen molar-refractivity contribution in [3.8, 4) is 0 Å². The molecule has 1 amide bonds. The molecule has 0 bridgehead atoms. The molecule has 1 unspecified atom stereocenters. The minimum atomic E-state index is -0.421. The van der Waals surface area contributed by atoms with Crippen LogP contribution in [-0.4, -0.2) is 11.9 Å². The van der Waals surface area contributed by atoms with Gasteiger partial charge >= 0.3 is 0 Å². The molecule has 1 aromatic carbocycles. The van der Waals surface area contributed by atoms with E-state index in [-0.39, 0.29) is 11.9 Å². The van der Waals surface area contributed by atoms with Crippen LogP contribution in [0.4, 0.5) is 4.39 Å². The summed E-state index contributed by atoms with van der Waals surface area (Å²) in [6, 6.07) is 4.48. The van der Waals surface area contributed by atoms with Crippen LogP contribution in [0, 0.1) is 5.82 Å². The molecule has 2 nitrogen and oxygen atoms in total. The quantitative estimate of drug-likeness (QED) is 0.902. The standard InChI is InChI=1S/C12H15BrFNO/c1-3-4-8(2)15-12(16)9-5-6-10(13)11(14)7-9/h5-8H,3-4H2,1-2H3,(H,15,16). The number of benzene rings is 1. The number of hydrogen-bond donors (Lipinski definition) is 1. The van der Waals surface area contributed by atoms with Crippen LogP contribution in [0.3, 0.4) is 0 Å². The molecule has 0 saturated carbocycles. The van der Waals surface area contributed by atoms with E-state index in [1.165, 1.54) is 12.1 Å². The summed E-state index contributed by atoms with van der Waals surface area (Å²) >= 11 is 3.05. The van der Waals surface area contributed by atoms with E-state index in [1.54, 1.807) is 6.07 Å². The Morgan fingerprint density at radius 1 is 1.56 bits per heavy atom. The van der Waals surface area contributed by atoms with E-state index in [0.29, 0.717) is 10.0 Å². The van der Waals surface area contributed by atoms with Gasteiger partial charge in [-0.25, -0.2) is 4.39 Å². The predicted octanol–water partition coefficient (Wildman–Crippen LogP) is 3.51. The minimum Gasteiger partial charge on any atom is -0.350 e. The van der Waals surface area contributed by atoms with Crippen molar-refractivity contribution < 1.29 is 9.18 Å². The fourth-order valence-corrected chi connectivity index (χ4v) is 1.70. The fourth-order valence-electron chi connectivity index (χ4n) is 1.45. The van der Waals surface area contributed by atoms with Crippen LogP contribution in [0.15, 0.2) is 22.7 Å². The second-order valence-electron chi connectivity index (χ2n) is 3.79. The maximum Gasteiger partial charge on any atom is 0.251 e. The zero-order valence-corrected chi connectivity index (χ0v) is 11.0. The molecule has 0 spiro atoms. The maximum atomic E-state index is 13.2. The average Bonchev–Trinajstić information content (AvgIpc) is 2.22. The van der Waals surface area contributed by atoms with Crippen molar-refractivity contribution in [1.82, 2.24) is 5.32 Å². The maximum absolute atomic E-state index is 13.2. The van der Waals surface area contributed by atoms with Gasteiger partial charge in [-0.15, -0.1) is 0 Å². The van der Waals surface area contributed by atoms with Crippen LogP contribution in [0.25, 0.3) is 0 Å². The van der Waals surface area contributed by atoms with Gasteiger partial charge in [0.25, 0.3) is 5.91 Å². The molecule has 0 fully saturated rings. The smallest absolute Gasteiger partial charge is 0.251 e. The molecule has 0 aliphatic heterocycles. The van der Waals surface area contributed by atoms with E-state index >= 15 is 0 Å². The first-order valence-electron chi connectivity index (χ1n) is 5.30. The van der Waals surface area contributed by atoms with E-state index in [2.05, 4.69) is 28.2 Å². The summed E-state index contributed by atoms with van der Waals surface area (Å²) in [5.41, 5.74) is 0.351. The first-order chi connectivity index (χ1) is 7.54. The number of hydrogen-bond acceptors (Lipinski definition) is 1. The van der Waals surface area contributed by atoms with Gasteiger partial charge in [0.15, 0.2) is 0 Å². The van der Waals surface area contributed by atoms with Gasteiger partial charge in [0.1, 0.15) is 5.82 Å². The van der Waals surface area contributed by atoms with Crippen molar-refractivity contribution in [2.75, 3.05) is 0 Å². The molecule has 16 heavy (non-hydrogen) atoms. The van der Waals surface area contributed by atoms with Crippen LogP contribution in [-0.2, 0) is 0 Å². The highest BCUT2D eigenvalue weighted by atomic mass is 79.9. The molecular weight excluding hydrogens is 273 g/mol. The molecular formula is C12H15BrFNO. The number of halogens is 2. The van der Waals surface area contributed by atoms with Crippen LogP contribution in [0.2, 0.25) is 0 Å². The Morgan fingerprint density at radius 3 is 2.81 bits per heavy atom. The summed E-state index contributed by atoms with van der Waals surface area (Å²) in [6.07, 6.45) is 1.93. The molecule has 0 aliphatic rings. The van der Waals surface area contributed by atoms with Gasteiger partial charge in [0.2, 0.25) is 0 Å². The van der Waals surface area contributed by atoms with E-state index < -0.39 is 5.82 Å². The Labute approximate surface area is 103 Å². The van der Waals surface area contributed by atoms with E-state index in [9.17, 15) is 9.18 Å². The molecule has 1 aromatic rings. The molecule has 0 saturated heterocycles. The first kappa shape index (κ1) is 13.2. The van der Waals surface area contributed by atoms with Crippen molar-refractivity contribution in [1.29, 1.82) is 0 Å². The molecule has 88 valence electrons. The number of carbonyl (C=O) groups excluding carboxylic acids is 1. The third-order valence-corrected chi connectivity index (χ3v) is 2.92. The summed E-state index contributed by atoms with van der Waals surface area (Å²) < 4.78 is 13.6. The Balaban J connectivity index is 2.69. The fraction of sp³-hybridized carbons (Fsp3) is 0.417. The predicted molar refractivity (Wildman–Crippen MR) is 65.9 cm³/mol. The highest BCUT2D eigenvalue weighted by Gasteiger charge is 2.10. The monoisotopic (exact) mass is 287 g/mol.